The van der Waals surface area contributed by atoms with E-state index >= 15 is 0 Å². The molecule has 0 spiro atoms. The Bertz CT molecular complexity index is 946. The van der Waals surface area contributed by atoms with E-state index in [-0.39, 0.29) is 17.9 Å². The molecule has 2 aliphatic rings. The molecular weight excluding hydrogens is 384 g/mol. The van der Waals surface area contributed by atoms with E-state index in [1.807, 2.05) is 43.0 Å². The monoisotopic (exact) mass is 410 g/mol. The average Bonchev–Trinajstić information content (AvgIpc) is 2.99. The van der Waals surface area contributed by atoms with E-state index in [1.165, 1.54) is 11.8 Å². The predicted molar refractivity (Wildman–Crippen MR) is 115 cm³/mol. The molecule has 1 aromatic carbocycles. The van der Waals surface area contributed by atoms with Gasteiger partial charge >= 0.3 is 0 Å². The lowest BCUT2D eigenvalue weighted by atomic mass is 10.1. The summed E-state index contributed by atoms with van der Waals surface area (Å²) < 4.78 is 0. The van der Waals surface area contributed by atoms with Gasteiger partial charge in [0.1, 0.15) is 5.03 Å². The van der Waals surface area contributed by atoms with Crippen molar-refractivity contribution in [2.24, 2.45) is 0 Å². The van der Waals surface area contributed by atoms with Crippen molar-refractivity contribution in [3.63, 3.8) is 0 Å². The van der Waals surface area contributed by atoms with Crippen molar-refractivity contribution in [1.82, 2.24) is 14.8 Å². The summed E-state index contributed by atoms with van der Waals surface area (Å²) in [7, 11) is 2.09. The molecule has 0 N–H and O–H groups in total. The van der Waals surface area contributed by atoms with Gasteiger partial charge in [-0.25, -0.2) is 4.98 Å². The maximum Gasteiger partial charge on any atom is 0.261 e. The van der Waals surface area contributed by atoms with Crippen molar-refractivity contribution in [2.75, 3.05) is 38.1 Å². The van der Waals surface area contributed by atoms with E-state index in [4.69, 9.17) is 0 Å². The Morgan fingerprint density at radius 2 is 1.97 bits per heavy atom. The first-order valence-corrected chi connectivity index (χ1v) is 10.9. The molecule has 2 aliphatic heterocycles. The van der Waals surface area contributed by atoms with Crippen LogP contribution in [0, 0.1) is 0 Å². The third-order valence-corrected chi connectivity index (χ3v) is 6.48. The summed E-state index contributed by atoms with van der Waals surface area (Å²) in [6.07, 6.45) is 2.68. The van der Waals surface area contributed by atoms with Crippen molar-refractivity contribution in [3.8, 4) is 0 Å². The lowest BCUT2D eigenvalue weighted by molar-refractivity contribution is 0.0762. The van der Waals surface area contributed by atoms with Crippen LogP contribution >= 0.6 is 11.8 Å². The minimum absolute atomic E-state index is 0.00398. The van der Waals surface area contributed by atoms with Gasteiger partial charge < -0.3 is 14.7 Å². The number of nitrogens with zero attached hydrogens (tertiary/aromatic N) is 4. The molecule has 1 fully saturated rings. The summed E-state index contributed by atoms with van der Waals surface area (Å²) in [5, 5.41) is 0.683. The Morgan fingerprint density at radius 3 is 2.76 bits per heavy atom. The zero-order valence-corrected chi connectivity index (χ0v) is 17.9. The molecule has 0 unspecified atom stereocenters. The number of rotatable bonds is 2. The molecule has 1 saturated heterocycles. The number of amides is 2. The molecule has 0 aliphatic carbocycles. The highest BCUT2D eigenvalue weighted by Gasteiger charge is 2.30. The summed E-state index contributed by atoms with van der Waals surface area (Å²) in [5.74, 6) is 0.000552. The first kappa shape index (κ1) is 19.9. The van der Waals surface area contributed by atoms with Crippen LogP contribution in [-0.4, -0.2) is 65.9 Å². The molecule has 152 valence electrons. The van der Waals surface area contributed by atoms with Crippen LogP contribution in [0.25, 0.3) is 0 Å². The number of benzene rings is 1. The average molecular weight is 411 g/mol. The molecule has 4 rings (SSSR count). The first-order chi connectivity index (χ1) is 14.0. The van der Waals surface area contributed by atoms with Gasteiger partial charge in [-0.15, -0.1) is 0 Å². The fourth-order valence-corrected chi connectivity index (χ4v) is 4.90. The number of hydrogen-bond acceptors (Lipinski definition) is 5. The second-order valence-electron chi connectivity index (χ2n) is 7.86. The van der Waals surface area contributed by atoms with Crippen LogP contribution in [0.15, 0.2) is 46.5 Å². The molecule has 0 radical (unpaired) electrons. The zero-order chi connectivity index (χ0) is 20.5. The highest BCUT2D eigenvalue weighted by atomic mass is 32.2. The van der Waals surface area contributed by atoms with Gasteiger partial charge in [-0.3, -0.25) is 9.59 Å². The number of pyridine rings is 1. The van der Waals surface area contributed by atoms with E-state index in [1.54, 1.807) is 17.2 Å². The lowest BCUT2D eigenvalue weighted by Gasteiger charge is -2.27. The molecule has 2 amide bonds. The van der Waals surface area contributed by atoms with Crippen LogP contribution < -0.4 is 4.90 Å². The number of fused-ring (bicyclic) bond motifs is 2. The summed E-state index contributed by atoms with van der Waals surface area (Å²) >= 11 is 1.46. The highest BCUT2D eigenvalue weighted by Crippen LogP contribution is 2.41. The highest BCUT2D eigenvalue weighted by molar-refractivity contribution is 7.99. The number of carbonyl (C=O) groups is 2. The van der Waals surface area contributed by atoms with Crippen LogP contribution in [0.3, 0.4) is 0 Å². The lowest BCUT2D eigenvalue weighted by Crippen LogP contribution is -2.37. The number of hydrogen-bond donors (Lipinski definition) is 0. The third-order valence-electron chi connectivity index (χ3n) is 5.42. The molecule has 1 aromatic heterocycles. The van der Waals surface area contributed by atoms with Gasteiger partial charge in [-0.1, -0.05) is 11.8 Å². The van der Waals surface area contributed by atoms with E-state index < -0.39 is 0 Å². The van der Waals surface area contributed by atoms with Crippen molar-refractivity contribution in [1.29, 1.82) is 0 Å². The van der Waals surface area contributed by atoms with Crippen LogP contribution in [0.4, 0.5) is 5.69 Å². The Labute approximate surface area is 175 Å². The van der Waals surface area contributed by atoms with Gasteiger partial charge in [0.05, 0.1) is 11.3 Å². The van der Waals surface area contributed by atoms with Gasteiger partial charge in [0.25, 0.3) is 11.8 Å². The van der Waals surface area contributed by atoms with Crippen LogP contribution in [0.1, 0.15) is 41.0 Å². The zero-order valence-electron chi connectivity index (χ0n) is 17.1. The van der Waals surface area contributed by atoms with Gasteiger partial charge in [0, 0.05) is 42.3 Å². The van der Waals surface area contributed by atoms with Gasteiger partial charge in [-0.2, -0.15) is 0 Å². The molecule has 6 nitrogen and oxygen atoms in total. The Balaban J connectivity index is 1.72. The Hall–Kier alpha value is -2.38. The first-order valence-electron chi connectivity index (χ1n) is 10.0. The minimum atomic E-state index is -0.0519. The molecule has 2 aromatic rings. The normalized spacial score (nSPS) is 17.6. The van der Waals surface area contributed by atoms with Crippen LogP contribution in [-0.2, 0) is 0 Å². The maximum atomic E-state index is 13.2. The van der Waals surface area contributed by atoms with Gasteiger partial charge in [0.15, 0.2) is 0 Å². The molecule has 0 saturated carbocycles. The summed E-state index contributed by atoms with van der Waals surface area (Å²) in [5.41, 5.74) is 2.10. The van der Waals surface area contributed by atoms with Crippen molar-refractivity contribution in [2.45, 2.75) is 36.2 Å². The van der Waals surface area contributed by atoms with Crippen LogP contribution in [0.2, 0.25) is 0 Å². The van der Waals surface area contributed by atoms with Crippen molar-refractivity contribution >= 4 is 29.3 Å². The number of aromatic nitrogens is 1. The number of likely N-dealkylation sites (N-methyl/N-ethyl adjacent to an activating group) is 1. The van der Waals surface area contributed by atoms with E-state index in [0.717, 1.165) is 43.2 Å². The smallest absolute Gasteiger partial charge is 0.261 e. The van der Waals surface area contributed by atoms with E-state index in [2.05, 4.69) is 16.9 Å². The quantitative estimate of drug-likeness (QED) is 0.760. The standard InChI is InChI=1S/C22H26N4O2S/c1-15(2)26-18-8-7-16(21(27)25-11-5-10-24(3)12-13-25)14-19(18)29-20-17(22(26)28)6-4-9-23-20/h4,6-9,14-15H,5,10-13H2,1-3H3. The molecule has 0 atom stereocenters. The SMILES string of the molecule is CC(C)N1C(=O)c2cccnc2Sc2cc(C(=O)N3CCCN(C)CC3)ccc21. The molecule has 3 heterocycles. The topological polar surface area (TPSA) is 56.8 Å². The number of carbonyl (C=O) groups excluding carboxylic acids is 2. The van der Waals surface area contributed by atoms with Crippen molar-refractivity contribution in [3.05, 3.63) is 47.7 Å². The molecular formula is C22H26N4O2S. The molecule has 7 heteroatoms. The molecule has 29 heavy (non-hydrogen) atoms. The fraction of sp³-hybridized carbons (Fsp3) is 0.409. The second kappa shape index (κ2) is 8.16. The van der Waals surface area contributed by atoms with Crippen molar-refractivity contribution < 1.29 is 9.59 Å². The largest absolute Gasteiger partial charge is 0.337 e. The van der Waals surface area contributed by atoms with E-state index in [0.29, 0.717) is 16.2 Å². The van der Waals surface area contributed by atoms with Gasteiger partial charge in [-0.05, 0) is 64.2 Å². The summed E-state index contributed by atoms with van der Waals surface area (Å²) in [4.78, 5) is 37.6. The second-order valence-corrected chi connectivity index (χ2v) is 8.89. The summed E-state index contributed by atoms with van der Waals surface area (Å²) in [6, 6.07) is 9.28. The maximum absolute atomic E-state index is 13.2. The summed E-state index contributed by atoms with van der Waals surface area (Å²) in [6.45, 7) is 7.41. The Kier molecular flexibility index (Phi) is 5.61. The predicted octanol–water partition coefficient (Wildman–Crippen LogP) is 3.38. The minimum Gasteiger partial charge on any atom is -0.337 e. The van der Waals surface area contributed by atoms with Crippen LogP contribution in [0.5, 0.6) is 0 Å². The van der Waals surface area contributed by atoms with E-state index in [9.17, 15) is 9.59 Å². The number of anilines is 1. The Morgan fingerprint density at radius 1 is 1.14 bits per heavy atom. The molecule has 0 bridgehead atoms. The third kappa shape index (κ3) is 3.89. The van der Waals surface area contributed by atoms with Gasteiger partial charge in [0.2, 0.25) is 0 Å². The fourth-order valence-electron chi connectivity index (χ4n) is 3.85.